The van der Waals surface area contributed by atoms with Crippen LogP contribution in [0.15, 0.2) is 23.1 Å². The molecule has 1 rings (SSSR count). The van der Waals surface area contributed by atoms with Gasteiger partial charge in [-0.2, -0.15) is 0 Å². The first-order valence-corrected chi connectivity index (χ1v) is 7.63. The zero-order valence-corrected chi connectivity index (χ0v) is 12.9. The van der Waals surface area contributed by atoms with Crippen molar-refractivity contribution in [1.29, 1.82) is 0 Å². The molecule has 4 heteroatoms. The van der Waals surface area contributed by atoms with Gasteiger partial charge in [0.2, 0.25) is 0 Å². The Kier molecular flexibility index (Phi) is 7.75. The molecule has 0 saturated carbocycles. The molecule has 0 unspecified atom stereocenters. The second-order valence-corrected chi connectivity index (χ2v) is 6.06. The van der Waals surface area contributed by atoms with Crippen molar-refractivity contribution in [2.45, 2.75) is 37.8 Å². The number of rotatable bonds is 8. The lowest BCUT2D eigenvalue weighted by Crippen LogP contribution is -2.22. The van der Waals surface area contributed by atoms with Gasteiger partial charge in [-0.05, 0) is 30.2 Å². The van der Waals surface area contributed by atoms with Crippen molar-refractivity contribution in [3.05, 3.63) is 28.8 Å². The molecule has 0 saturated heterocycles. The number of thioether (sulfide) groups is 1. The fourth-order valence-electron chi connectivity index (χ4n) is 1.53. The summed E-state index contributed by atoms with van der Waals surface area (Å²) in [4.78, 5) is 1.31. The molecule has 0 fully saturated rings. The Morgan fingerprint density at radius 2 is 2.17 bits per heavy atom. The molecule has 0 heterocycles. The minimum Gasteiger partial charge on any atom is -0.385 e. The summed E-state index contributed by atoms with van der Waals surface area (Å²) in [6.45, 7) is 5.98. The number of benzene rings is 1. The van der Waals surface area contributed by atoms with Gasteiger partial charge in [-0.1, -0.05) is 25.4 Å². The first kappa shape index (κ1) is 15.8. The minimum atomic E-state index is 0.482. The molecule has 1 N–H and O–H groups in total. The molecular formula is C14H22ClNOS. The van der Waals surface area contributed by atoms with E-state index in [2.05, 4.69) is 31.3 Å². The molecule has 0 aliphatic carbocycles. The molecule has 102 valence electrons. The van der Waals surface area contributed by atoms with E-state index in [1.807, 2.05) is 17.8 Å². The van der Waals surface area contributed by atoms with E-state index in [0.29, 0.717) is 6.04 Å². The molecule has 1 aromatic carbocycles. The highest BCUT2D eigenvalue weighted by atomic mass is 35.5. The van der Waals surface area contributed by atoms with E-state index in [4.69, 9.17) is 16.3 Å². The average molecular weight is 288 g/mol. The van der Waals surface area contributed by atoms with E-state index >= 15 is 0 Å². The number of halogens is 1. The summed E-state index contributed by atoms with van der Waals surface area (Å²) in [7, 11) is 1.74. The summed E-state index contributed by atoms with van der Waals surface area (Å²) < 4.78 is 5.06. The number of hydrogen-bond acceptors (Lipinski definition) is 3. The normalized spacial score (nSPS) is 11.2. The molecule has 0 aromatic heterocycles. The first-order chi connectivity index (χ1) is 8.63. The van der Waals surface area contributed by atoms with Crippen molar-refractivity contribution >= 4 is 23.4 Å². The lowest BCUT2D eigenvalue weighted by molar-refractivity contribution is 0.200. The van der Waals surface area contributed by atoms with Crippen LogP contribution in [0, 0.1) is 0 Å². The van der Waals surface area contributed by atoms with Crippen molar-refractivity contribution in [3.8, 4) is 0 Å². The van der Waals surface area contributed by atoms with Gasteiger partial charge in [0.1, 0.15) is 0 Å². The maximum absolute atomic E-state index is 6.06. The molecule has 0 aliphatic rings. The number of hydrogen-bond donors (Lipinski definition) is 1. The Bertz CT molecular complexity index is 358. The molecule has 0 atom stereocenters. The van der Waals surface area contributed by atoms with Crippen LogP contribution in [0.25, 0.3) is 0 Å². The lowest BCUT2D eigenvalue weighted by atomic mass is 10.2. The maximum atomic E-state index is 6.06. The molecule has 0 bridgehead atoms. The van der Waals surface area contributed by atoms with E-state index in [0.717, 1.165) is 30.3 Å². The Hall–Kier alpha value is -0.220. The Morgan fingerprint density at radius 3 is 2.83 bits per heavy atom. The van der Waals surface area contributed by atoms with Crippen LogP contribution in [0.2, 0.25) is 5.02 Å². The van der Waals surface area contributed by atoms with Gasteiger partial charge in [0, 0.05) is 42.0 Å². The second kappa shape index (κ2) is 8.81. The number of methoxy groups -OCH3 is 1. The van der Waals surface area contributed by atoms with Crippen molar-refractivity contribution in [2.24, 2.45) is 0 Å². The Morgan fingerprint density at radius 1 is 1.39 bits per heavy atom. The van der Waals surface area contributed by atoms with Crippen LogP contribution in [0.3, 0.4) is 0 Å². The van der Waals surface area contributed by atoms with Gasteiger partial charge in [0.05, 0.1) is 0 Å². The van der Waals surface area contributed by atoms with Gasteiger partial charge in [0.25, 0.3) is 0 Å². The predicted octanol–water partition coefficient (Wildman–Crippen LogP) is 3.97. The fourth-order valence-corrected chi connectivity index (χ4v) is 2.68. The average Bonchev–Trinajstić information content (AvgIpc) is 2.34. The quantitative estimate of drug-likeness (QED) is 0.577. The highest BCUT2D eigenvalue weighted by Gasteiger charge is 2.05. The summed E-state index contributed by atoms with van der Waals surface area (Å²) in [5, 5.41) is 4.24. The summed E-state index contributed by atoms with van der Waals surface area (Å²) in [6, 6.07) is 6.60. The van der Waals surface area contributed by atoms with Crippen LogP contribution >= 0.6 is 23.4 Å². The van der Waals surface area contributed by atoms with Crippen molar-refractivity contribution in [1.82, 2.24) is 5.32 Å². The van der Waals surface area contributed by atoms with Gasteiger partial charge < -0.3 is 10.1 Å². The van der Waals surface area contributed by atoms with Crippen LogP contribution in [-0.2, 0) is 11.3 Å². The number of nitrogens with one attached hydrogen (secondary N) is 1. The Labute approximate surface area is 119 Å². The smallest absolute Gasteiger partial charge is 0.0470 e. The van der Waals surface area contributed by atoms with E-state index in [9.17, 15) is 0 Å². The van der Waals surface area contributed by atoms with Crippen LogP contribution < -0.4 is 5.32 Å². The largest absolute Gasteiger partial charge is 0.385 e. The predicted molar refractivity (Wildman–Crippen MR) is 80.6 cm³/mol. The summed E-state index contributed by atoms with van der Waals surface area (Å²) in [5.41, 5.74) is 1.28. The van der Waals surface area contributed by atoms with Gasteiger partial charge in [-0.15, -0.1) is 11.8 Å². The first-order valence-electron chi connectivity index (χ1n) is 6.27. The Balaban J connectivity index is 2.58. The molecule has 0 spiro atoms. The van der Waals surface area contributed by atoms with Crippen LogP contribution in [0.5, 0.6) is 0 Å². The van der Waals surface area contributed by atoms with Crippen molar-refractivity contribution in [3.63, 3.8) is 0 Å². The molecule has 0 aliphatic heterocycles. The van der Waals surface area contributed by atoms with E-state index < -0.39 is 0 Å². The highest BCUT2D eigenvalue weighted by Crippen LogP contribution is 2.26. The summed E-state index contributed by atoms with van der Waals surface area (Å²) in [5.74, 6) is 1.07. The van der Waals surface area contributed by atoms with E-state index in [1.165, 1.54) is 10.5 Å². The van der Waals surface area contributed by atoms with Gasteiger partial charge >= 0.3 is 0 Å². The zero-order chi connectivity index (χ0) is 13.4. The molecule has 2 nitrogen and oxygen atoms in total. The van der Waals surface area contributed by atoms with E-state index in [-0.39, 0.29) is 0 Å². The summed E-state index contributed by atoms with van der Waals surface area (Å²) in [6.07, 6.45) is 1.07. The highest BCUT2D eigenvalue weighted by molar-refractivity contribution is 7.99. The number of ether oxygens (including phenoxy) is 1. The lowest BCUT2D eigenvalue weighted by Gasteiger charge is -2.13. The SMILES string of the molecule is COCCCSc1ccc(Cl)cc1CNC(C)C. The van der Waals surface area contributed by atoms with Crippen LogP contribution in [0.4, 0.5) is 0 Å². The van der Waals surface area contributed by atoms with Crippen molar-refractivity contribution in [2.75, 3.05) is 19.5 Å². The zero-order valence-electron chi connectivity index (χ0n) is 11.3. The van der Waals surface area contributed by atoms with E-state index in [1.54, 1.807) is 7.11 Å². The molecule has 0 radical (unpaired) electrons. The van der Waals surface area contributed by atoms with Gasteiger partial charge in [0.15, 0.2) is 0 Å². The second-order valence-electron chi connectivity index (χ2n) is 4.48. The molecule has 1 aromatic rings. The van der Waals surface area contributed by atoms with Crippen LogP contribution in [0.1, 0.15) is 25.8 Å². The fraction of sp³-hybridized carbons (Fsp3) is 0.571. The monoisotopic (exact) mass is 287 g/mol. The third-order valence-corrected chi connectivity index (χ3v) is 3.91. The molecule has 18 heavy (non-hydrogen) atoms. The third kappa shape index (κ3) is 6.10. The van der Waals surface area contributed by atoms with Crippen LogP contribution in [-0.4, -0.2) is 25.5 Å². The summed E-state index contributed by atoms with van der Waals surface area (Å²) >= 11 is 7.93. The topological polar surface area (TPSA) is 21.3 Å². The van der Waals surface area contributed by atoms with Gasteiger partial charge in [-0.25, -0.2) is 0 Å². The molecule has 0 amide bonds. The van der Waals surface area contributed by atoms with Crippen molar-refractivity contribution < 1.29 is 4.74 Å². The molecular weight excluding hydrogens is 266 g/mol. The minimum absolute atomic E-state index is 0.482. The standard InChI is InChI=1S/C14H22ClNOS/c1-11(2)16-10-12-9-13(15)5-6-14(12)18-8-4-7-17-3/h5-6,9,11,16H,4,7-8,10H2,1-3H3. The maximum Gasteiger partial charge on any atom is 0.0470 e. The third-order valence-electron chi connectivity index (χ3n) is 2.47. The van der Waals surface area contributed by atoms with Gasteiger partial charge in [-0.3, -0.25) is 0 Å².